The van der Waals surface area contributed by atoms with E-state index in [9.17, 15) is 24.0 Å². The molecule has 2 unspecified atom stereocenters. The number of alkyl carbamates (subject to hydrolysis) is 1. The van der Waals surface area contributed by atoms with Gasteiger partial charge in [-0.05, 0) is 69.6 Å². The smallest absolute Gasteiger partial charge is 0.408 e. The maximum absolute atomic E-state index is 14.3. The molecule has 0 bridgehead atoms. The van der Waals surface area contributed by atoms with Crippen LogP contribution in [0.3, 0.4) is 0 Å². The van der Waals surface area contributed by atoms with E-state index in [4.69, 9.17) is 4.74 Å². The van der Waals surface area contributed by atoms with Gasteiger partial charge in [-0.1, -0.05) is 51.7 Å². The van der Waals surface area contributed by atoms with Gasteiger partial charge in [-0.25, -0.2) is 4.79 Å². The van der Waals surface area contributed by atoms with Gasteiger partial charge in [0.1, 0.15) is 17.7 Å². The lowest BCUT2D eigenvalue weighted by Gasteiger charge is -2.36. The number of carbonyl (C=O) groups excluding carboxylic acids is 5. The van der Waals surface area contributed by atoms with Gasteiger partial charge in [0.2, 0.25) is 17.6 Å². The first-order valence-corrected chi connectivity index (χ1v) is 15.4. The van der Waals surface area contributed by atoms with Crippen molar-refractivity contribution < 1.29 is 28.7 Å². The average molecular weight is 587 g/mol. The van der Waals surface area contributed by atoms with Crippen LogP contribution in [-0.2, 0) is 23.9 Å². The molecular weight excluding hydrogens is 536 g/mol. The Morgan fingerprint density at radius 1 is 1.00 bits per heavy atom. The van der Waals surface area contributed by atoms with Crippen LogP contribution in [0.4, 0.5) is 4.79 Å². The Balaban J connectivity index is 1.86. The van der Waals surface area contributed by atoms with E-state index < -0.39 is 47.4 Å². The fraction of sp³-hybridized carbons (Fsp3) is 0.719. The topological polar surface area (TPSA) is 134 Å². The molecule has 1 aliphatic heterocycles. The number of carbonyl (C=O) groups is 5. The number of amides is 4. The second kappa shape index (κ2) is 13.9. The molecule has 0 aromatic rings. The average Bonchev–Trinajstić information content (AvgIpc) is 3.33. The quantitative estimate of drug-likeness (QED) is 0.182. The zero-order valence-electron chi connectivity index (χ0n) is 26.0. The first-order valence-electron chi connectivity index (χ1n) is 15.4. The normalized spacial score (nSPS) is 24.7. The van der Waals surface area contributed by atoms with Crippen LogP contribution in [0.25, 0.3) is 0 Å². The number of piperidine rings is 1. The molecule has 0 aromatic heterocycles. The Kier molecular flexibility index (Phi) is 11.0. The molecule has 4 amide bonds. The molecule has 3 fully saturated rings. The van der Waals surface area contributed by atoms with Crippen molar-refractivity contribution in [3.8, 4) is 0 Å². The molecule has 10 nitrogen and oxygen atoms in total. The molecule has 1 saturated heterocycles. The zero-order valence-corrected chi connectivity index (χ0v) is 26.0. The fourth-order valence-electron chi connectivity index (χ4n) is 6.67. The van der Waals surface area contributed by atoms with Crippen LogP contribution in [0.5, 0.6) is 0 Å². The number of hydrogen-bond acceptors (Lipinski definition) is 6. The molecule has 1 heterocycles. The van der Waals surface area contributed by atoms with Gasteiger partial charge < -0.3 is 25.6 Å². The third-order valence-electron chi connectivity index (χ3n) is 8.99. The van der Waals surface area contributed by atoms with Crippen molar-refractivity contribution in [2.45, 2.75) is 110 Å². The summed E-state index contributed by atoms with van der Waals surface area (Å²) in [6.45, 7) is 17.2. The summed E-state index contributed by atoms with van der Waals surface area (Å²) < 4.78 is 5.52. The summed E-state index contributed by atoms with van der Waals surface area (Å²) in [5.41, 5.74) is -0.884. The number of rotatable bonds is 12. The lowest BCUT2D eigenvalue weighted by molar-refractivity contribution is -0.144. The Labute approximate surface area is 250 Å². The summed E-state index contributed by atoms with van der Waals surface area (Å²) >= 11 is 0. The van der Waals surface area contributed by atoms with Crippen molar-refractivity contribution in [1.29, 1.82) is 0 Å². The third-order valence-corrected chi connectivity index (χ3v) is 8.99. The first-order chi connectivity index (χ1) is 19.7. The molecule has 3 rings (SSSR count). The van der Waals surface area contributed by atoms with E-state index in [1.807, 2.05) is 0 Å². The Hall–Kier alpha value is -3.17. The molecule has 42 heavy (non-hydrogen) atoms. The Morgan fingerprint density at radius 2 is 1.64 bits per heavy atom. The highest BCUT2D eigenvalue weighted by atomic mass is 16.6. The summed E-state index contributed by atoms with van der Waals surface area (Å²) in [4.78, 5) is 68.1. The standard InChI is InChI=1S/C32H50N4O6/c1-8-10-17-22(26(37)28(39)33-18-9-2)34-27(38)25-23-21(32(23,6)7)19-36(25)29(40)24(20-15-13-11-12-14-16-20)35-30(41)42-31(3,4)5/h8-9,20-25H,1-2,10-19H2,3-7H3,(H,33,39)(H,34,38)(H,35,41)/t21?,22-,23+,24?,25+/m1/s1. The van der Waals surface area contributed by atoms with Crippen molar-refractivity contribution in [2.75, 3.05) is 13.1 Å². The lowest BCUT2D eigenvalue weighted by Crippen LogP contribution is -2.59. The number of hydrogen-bond donors (Lipinski definition) is 3. The molecule has 3 aliphatic rings. The first kappa shape index (κ1) is 33.3. The summed E-state index contributed by atoms with van der Waals surface area (Å²) in [5.74, 6) is -2.36. The van der Waals surface area contributed by atoms with E-state index in [-0.39, 0.29) is 42.0 Å². The number of allylic oxidation sites excluding steroid dienone is 1. The number of Topliss-reactive ketones (excluding diaryl/α,β-unsaturated/α-hetero) is 1. The van der Waals surface area contributed by atoms with Gasteiger partial charge in [0.05, 0.1) is 6.04 Å². The molecule has 0 radical (unpaired) electrons. The number of nitrogens with one attached hydrogen (secondary N) is 3. The van der Waals surface area contributed by atoms with Crippen molar-refractivity contribution in [3.63, 3.8) is 0 Å². The van der Waals surface area contributed by atoms with E-state index in [2.05, 4.69) is 43.0 Å². The van der Waals surface area contributed by atoms with Crippen LogP contribution in [-0.4, -0.2) is 71.3 Å². The number of ether oxygens (including phenoxy) is 1. The van der Waals surface area contributed by atoms with Crippen molar-refractivity contribution in [2.24, 2.45) is 23.2 Å². The molecular formula is C32H50N4O6. The highest BCUT2D eigenvalue weighted by Gasteiger charge is 2.69. The van der Waals surface area contributed by atoms with Gasteiger partial charge in [-0.3, -0.25) is 19.2 Å². The minimum absolute atomic E-state index is 0.0726. The van der Waals surface area contributed by atoms with Crippen LogP contribution in [0.2, 0.25) is 0 Å². The molecule has 3 N–H and O–H groups in total. The molecule has 0 spiro atoms. The zero-order chi connectivity index (χ0) is 31.2. The van der Waals surface area contributed by atoms with Crippen LogP contribution in [0.15, 0.2) is 25.3 Å². The molecule has 10 heteroatoms. The van der Waals surface area contributed by atoms with Crippen LogP contribution in [0.1, 0.15) is 86.0 Å². The molecule has 0 aromatic carbocycles. The van der Waals surface area contributed by atoms with Gasteiger partial charge in [-0.2, -0.15) is 0 Å². The SMILES string of the molecule is C=CCC[C@@H](NC(=O)[C@@H]1[C@@H]2C(CN1C(=O)C(NC(=O)OC(C)(C)C)C1CCCCCC1)C2(C)C)C(=O)C(=O)NCC=C. The van der Waals surface area contributed by atoms with E-state index in [0.717, 1.165) is 38.5 Å². The van der Waals surface area contributed by atoms with Gasteiger partial charge in [-0.15, -0.1) is 13.2 Å². The van der Waals surface area contributed by atoms with Gasteiger partial charge >= 0.3 is 6.09 Å². The number of likely N-dealkylation sites (tertiary alicyclic amines) is 1. The number of ketones is 1. The largest absolute Gasteiger partial charge is 0.444 e. The van der Waals surface area contributed by atoms with Crippen molar-refractivity contribution in [3.05, 3.63) is 25.3 Å². The predicted octanol–water partition coefficient (Wildman–Crippen LogP) is 3.66. The maximum atomic E-state index is 14.3. The summed E-state index contributed by atoms with van der Waals surface area (Å²) in [6.07, 6.45) is 8.75. The maximum Gasteiger partial charge on any atom is 0.408 e. The van der Waals surface area contributed by atoms with Crippen molar-refractivity contribution >= 4 is 29.6 Å². The van der Waals surface area contributed by atoms with Gasteiger partial charge in [0.25, 0.3) is 5.91 Å². The molecule has 2 saturated carbocycles. The Bertz CT molecular complexity index is 1060. The predicted molar refractivity (Wildman–Crippen MR) is 160 cm³/mol. The number of fused-ring (bicyclic) bond motifs is 1. The molecule has 2 aliphatic carbocycles. The second-order valence-corrected chi connectivity index (χ2v) is 13.6. The van der Waals surface area contributed by atoms with Crippen molar-refractivity contribution in [1.82, 2.24) is 20.9 Å². The van der Waals surface area contributed by atoms with E-state index in [0.29, 0.717) is 13.0 Å². The number of nitrogens with zero attached hydrogens (tertiary/aromatic N) is 1. The van der Waals surface area contributed by atoms with Gasteiger partial charge in [0.15, 0.2) is 0 Å². The van der Waals surface area contributed by atoms with Gasteiger partial charge in [0, 0.05) is 13.1 Å². The third kappa shape index (κ3) is 8.01. The summed E-state index contributed by atoms with van der Waals surface area (Å²) in [7, 11) is 0. The molecule has 234 valence electrons. The lowest BCUT2D eigenvalue weighted by atomic mass is 9.90. The Morgan fingerprint density at radius 3 is 2.21 bits per heavy atom. The summed E-state index contributed by atoms with van der Waals surface area (Å²) in [6, 6.07) is -2.70. The van der Waals surface area contributed by atoms with Crippen LogP contribution >= 0.6 is 0 Å². The summed E-state index contributed by atoms with van der Waals surface area (Å²) in [5, 5.41) is 8.15. The van der Waals surface area contributed by atoms with E-state index in [1.54, 1.807) is 31.7 Å². The molecule has 5 atom stereocenters. The van der Waals surface area contributed by atoms with E-state index >= 15 is 0 Å². The highest BCUT2D eigenvalue weighted by Crippen LogP contribution is 2.65. The van der Waals surface area contributed by atoms with Crippen LogP contribution < -0.4 is 16.0 Å². The second-order valence-electron chi connectivity index (χ2n) is 13.6. The highest BCUT2D eigenvalue weighted by molar-refractivity contribution is 6.38. The van der Waals surface area contributed by atoms with E-state index in [1.165, 1.54) is 6.08 Å². The monoisotopic (exact) mass is 586 g/mol. The minimum Gasteiger partial charge on any atom is -0.444 e. The minimum atomic E-state index is -1.06. The fourth-order valence-corrected chi connectivity index (χ4v) is 6.67. The van der Waals surface area contributed by atoms with Crippen LogP contribution in [0, 0.1) is 23.2 Å².